The van der Waals surface area contributed by atoms with E-state index in [0.717, 1.165) is 25.5 Å². The van der Waals surface area contributed by atoms with Gasteiger partial charge < -0.3 is 15.4 Å². The van der Waals surface area contributed by atoms with Crippen molar-refractivity contribution in [1.82, 2.24) is 5.32 Å². The largest absolute Gasteiger partial charge is 0.376 e. The highest BCUT2D eigenvalue weighted by Gasteiger charge is 2.22. The Kier molecular flexibility index (Phi) is 7.82. The smallest absolute Gasteiger partial charge is 0.253 e. The number of rotatable bonds is 8. The van der Waals surface area contributed by atoms with Crippen LogP contribution in [0.3, 0.4) is 0 Å². The van der Waals surface area contributed by atoms with Crippen molar-refractivity contribution in [2.75, 3.05) is 29.4 Å². The Morgan fingerprint density at radius 3 is 2.57 bits per heavy atom. The van der Waals surface area contributed by atoms with Gasteiger partial charge in [0.15, 0.2) is 0 Å². The number of benzene rings is 1. The summed E-state index contributed by atoms with van der Waals surface area (Å²) in [6.45, 7) is 4.23. The van der Waals surface area contributed by atoms with E-state index in [-0.39, 0.29) is 23.3 Å². The Balaban J connectivity index is 2.01. The maximum atomic E-state index is 12.6. The Morgan fingerprint density at radius 1 is 1.21 bits per heavy atom. The third-order valence-corrected chi connectivity index (χ3v) is 5.22. The van der Waals surface area contributed by atoms with Crippen molar-refractivity contribution in [2.24, 2.45) is 5.92 Å². The Morgan fingerprint density at radius 2 is 1.93 bits per heavy atom. The molecule has 2 rings (SSSR count). The van der Waals surface area contributed by atoms with Gasteiger partial charge in [0.1, 0.15) is 0 Å². The third-order valence-electron chi connectivity index (χ3n) is 4.63. The molecule has 8 nitrogen and oxygen atoms in total. The van der Waals surface area contributed by atoms with Gasteiger partial charge in [-0.05, 0) is 37.0 Å². The van der Waals surface area contributed by atoms with Crippen LogP contribution in [0.2, 0.25) is 0 Å². The van der Waals surface area contributed by atoms with Crippen molar-refractivity contribution in [3.63, 3.8) is 0 Å². The molecular weight excluding hydrogens is 382 g/mol. The lowest BCUT2D eigenvalue weighted by Crippen LogP contribution is -2.32. The van der Waals surface area contributed by atoms with Crippen LogP contribution in [0.4, 0.5) is 11.4 Å². The summed E-state index contributed by atoms with van der Waals surface area (Å²) in [4.78, 5) is 23.8. The van der Waals surface area contributed by atoms with E-state index in [2.05, 4.69) is 22.3 Å². The highest BCUT2D eigenvalue weighted by Crippen LogP contribution is 2.26. The fraction of sp³-hybridized carbons (Fsp3) is 0.579. The molecule has 1 aromatic carbocycles. The summed E-state index contributed by atoms with van der Waals surface area (Å²) in [6.07, 6.45) is 5.83. The van der Waals surface area contributed by atoms with Crippen LogP contribution in [0.5, 0.6) is 0 Å². The Hall–Kier alpha value is -2.13. The normalized spacial score (nSPS) is 19.7. The van der Waals surface area contributed by atoms with Crippen molar-refractivity contribution >= 4 is 33.2 Å². The fourth-order valence-corrected chi connectivity index (χ4v) is 3.88. The fourth-order valence-electron chi connectivity index (χ4n) is 3.30. The third kappa shape index (κ3) is 7.12. The van der Waals surface area contributed by atoms with Crippen LogP contribution in [0.1, 0.15) is 49.9 Å². The number of anilines is 2. The monoisotopic (exact) mass is 411 g/mol. The van der Waals surface area contributed by atoms with Gasteiger partial charge in [0.25, 0.3) is 5.91 Å². The second-order valence-electron chi connectivity index (χ2n) is 7.24. The molecule has 0 aromatic heterocycles. The molecule has 3 N–H and O–H groups in total. The standard InChI is InChI=1S/C19H29N3O5S/c1-13-6-4-5-7-18(13)27-11-10-20-19(24)16-12-15(21-14(2)23)8-9-17(16)22-28(3,25)26/h8-9,12-13,18,22H,4-7,10-11H2,1-3H3,(H,20,24)(H,21,23). The zero-order valence-electron chi connectivity index (χ0n) is 16.6. The Labute approximate surface area is 166 Å². The molecule has 0 aliphatic heterocycles. The zero-order valence-corrected chi connectivity index (χ0v) is 17.4. The van der Waals surface area contributed by atoms with Crippen molar-refractivity contribution in [3.8, 4) is 0 Å². The van der Waals surface area contributed by atoms with Gasteiger partial charge in [-0.25, -0.2) is 8.42 Å². The molecule has 2 unspecified atom stereocenters. The van der Waals surface area contributed by atoms with E-state index >= 15 is 0 Å². The van der Waals surface area contributed by atoms with E-state index in [1.165, 1.54) is 31.5 Å². The number of amides is 2. The molecule has 28 heavy (non-hydrogen) atoms. The van der Waals surface area contributed by atoms with E-state index in [0.29, 0.717) is 24.8 Å². The van der Waals surface area contributed by atoms with Crippen LogP contribution < -0.4 is 15.4 Å². The number of sulfonamides is 1. The van der Waals surface area contributed by atoms with Crippen molar-refractivity contribution in [3.05, 3.63) is 23.8 Å². The maximum absolute atomic E-state index is 12.6. The molecular formula is C19H29N3O5S. The number of carbonyl (C=O) groups excluding carboxylic acids is 2. The van der Waals surface area contributed by atoms with E-state index in [1.54, 1.807) is 0 Å². The highest BCUT2D eigenvalue weighted by atomic mass is 32.2. The predicted octanol–water partition coefficient (Wildman–Crippen LogP) is 2.34. The summed E-state index contributed by atoms with van der Waals surface area (Å²) in [5, 5.41) is 5.33. The lowest BCUT2D eigenvalue weighted by molar-refractivity contribution is -0.114. The molecule has 0 bridgehead atoms. The van der Waals surface area contributed by atoms with Crippen LogP contribution in [-0.4, -0.2) is 45.7 Å². The van der Waals surface area contributed by atoms with Gasteiger partial charge in [-0.1, -0.05) is 19.8 Å². The number of hydrogen-bond donors (Lipinski definition) is 3. The summed E-state index contributed by atoms with van der Waals surface area (Å²) in [5.41, 5.74) is 0.683. The van der Waals surface area contributed by atoms with Gasteiger partial charge >= 0.3 is 0 Å². The van der Waals surface area contributed by atoms with Gasteiger partial charge in [-0.15, -0.1) is 0 Å². The van der Waals surface area contributed by atoms with Crippen LogP contribution in [-0.2, 0) is 19.6 Å². The van der Waals surface area contributed by atoms with Crippen LogP contribution >= 0.6 is 0 Å². The van der Waals surface area contributed by atoms with Gasteiger partial charge in [-0.2, -0.15) is 0 Å². The molecule has 0 heterocycles. The Bertz CT molecular complexity index is 810. The molecule has 1 fully saturated rings. The second-order valence-corrected chi connectivity index (χ2v) is 8.99. The predicted molar refractivity (Wildman–Crippen MR) is 109 cm³/mol. The first-order chi connectivity index (χ1) is 13.2. The summed E-state index contributed by atoms with van der Waals surface area (Å²) < 4.78 is 31.4. The van der Waals surface area contributed by atoms with Gasteiger partial charge in [0.2, 0.25) is 15.9 Å². The minimum atomic E-state index is -3.56. The molecule has 9 heteroatoms. The van der Waals surface area contributed by atoms with E-state index < -0.39 is 15.9 Å². The summed E-state index contributed by atoms with van der Waals surface area (Å²) in [5.74, 6) is -0.215. The van der Waals surface area contributed by atoms with E-state index in [9.17, 15) is 18.0 Å². The van der Waals surface area contributed by atoms with E-state index in [1.807, 2.05) is 0 Å². The molecule has 156 valence electrons. The molecule has 1 aromatic rings. The highest BCUT2D eigenvalue weighted by molar-refractivity contribution is 7.92. The molecule has 0 saturated heterocycles. The second kappa shape index (κ2) is 9.88. The van der Waals surface area contributed by atoms with Crippen molar-refractivity contribution in [2.45, 2.75) is 45.6 Å². The van der Waals surface area contributed by atoms with Crippen LogP contribution in [0.25, 0.3) is 0 Å². The maximum Gasteiger partial charge on any atom is 0.253 e. The molecule has 0 radical (unpaired) electrons. The molecule has 1 aliphatic carbocycles. The zero-order chi connectivity index (χ0) is 20.7. The molecule has 0 spiro atoms. The van der Waals surface area contributed by atoms with Crippen molar-refractivity contribution < 1.29 is 22.7 Å². The quantitative estimate of drug-likeness (QED) is 0.568. The first-order valence-electron chi connectivity index (χ1n) is 9.45. The molecule has 2 amide bonds. The van der Waals surface area contributed by atoms with Crippen molar-refractivity contribution in [1.29, 1.82) is 0 Å². The topological polar surface area (TPSA) is 114 Å². The van der Waals surface area contributed by atoms with Gasteiger partial charge in [-0.3, -0.25) is 14.3 Å². The van der Waals surface area contributed by atoms with Crippen LogP contribution in [0, 0.1) is 5.92 Å². The molecule has 1 aliphatic rings. The average Bonchev–Trinajstić information content (AvgIpc) is 2.59. The van der Waals surface area contributed by atoms with Crippen LogP contribution in [0.15, 0.2) is 18.2 Å². The minimum Gasteiger partial charge on any atom is -0.376 e. The van der Waals surface area contributed by atoms with Gasteiger partial charge in [0.05, 0.1) is 30.2 Å². The number of hydrogen-bond acceptors (Lipinski definition) is 5. The summed E-state index contributed by atoms with van der Waals surface area (Å²) in [7, 11) is -3.56. The number of nitrogens with one attached hydrogen (secondary N) is 3. The summed E-state index contributed by atoms with van der Waals surface area (Å²) in [6, 6.07) is 4.41. The van der Waals surface area contributed by atoms with E-state index in [4.69, 9.17) is 4.74 Å². The average molecular weight is 412 g/mol. The first kappa shape index (κ1) is 22.2. The minimum absolute atomic E-state index is 0.128. The summed E-state index contributed by atoms with van der Waals surface area (Å²) >= 11 is 0. The molecule has 1 saturated carbocycles. The first-order valence-corrected chi connectivity index (χ1v) is 11.3. The van der Waals surface area contributed by atoms with Gasteiger partial charge in [0, 0.05) is 19.2 Å². The number of carbonyl (C=O) groups is 2. The lowest BCUT2D eigenvalue weighted by Gasteiger charge is -2.28. The molecule has 2 atom stereocenters. The number of ether oxygens (including phenoxy) is 1. The lowest BCUT2D eigenvalue weighted by atomic mass is 9.88. The SMILES string of the molecule is CC(=O)Nc1ccc(NS(C)(=O)=O)c(C(=O)NCCOC2CCCCC2C)c1.